The van der Waals surface area contributed by atoms with E-state index >= 15 is 0 Å². The maximum atomic E-state index is 13.1. The van der Waals surface area contributed by atoms with Gasteiger partial charge in [-0.25, -0.2) is 9.99 Å². The molecule has 1 aliphatic heterocycles. The molecular formula is C24H27N5O4S2. The standard InChI is InChI=1S/C24H27N5O4S2/c1-2-3-4-7-14-34-24-25-19-8-5-6-9-20(19)27(24)15-21(30)26-28-22(31)16-35-23(28)17-10-12-18(13-11-17)29(32)33/h5-6,8-13,23H,2-4,7,14-16H2,1H3,(H,26,30). The Morgan fingerprint density at radius 3 is 2.71 bits per heavy atom. The molecule has 3 aromatic rings. The molecule has 1 fully saturated rings. The van der Waals surface area contributed by atoms with E-state index in [1.165, 1.54) is 48.2 Å². The van der Waals surface area contributed by atoms with E-state index < -0.39 is 10.3 Å². The summed E-state index contributed by atoms with van der Waals surface area (Å²) in [4.78, 5) is 40.8. The summed E-state index contributed by atoms with van der Waals surface area (Å²) in [5.41, 5.74) is 5.14. The average molecular weight is 514 g/mol. The van der Waals surface area contributed by atoms with Crippen LogP contribution >= 0.6 is 23.5 Å². The van der Waals surface area contributed by atoms with Crippen molar-refractivity contribution in [2.45, 2.75) is 49.7 Å². The summed E-state index contributed by atoms with van der Waals surface area (Å²) in [5, 5.41) is 12.6. The van der Waals surface area contributed by atoms with Crippen LogP contribution in [-0.2, 0) is 16.1 Å². The van der Waals surface area contributed by atoms with Crippen molar-refractivity contribution in [1.29, 1.82) is 0 Å². The number of nitrogens with zero attached hydrogens (tertiary/aromatic N) is 4. The molecule has 35 heavy (non-hydrogen) atoms. The fourth-order valence-electron chi connectivity index (χ4n) is 3.87. The second-order valence-corrected chi connectivity index (χ2v) is 10.3. The minimum Gasteiger partial charge on any atom is -0.309 e. The van der Waals surface area contributed by atoms with Crippen molar-refractivity contribution in [1.82, 2.24) is 20.0 Å². The van der Waals surface area contributed by atoms with Crippen molar-refractivity contribution in [3.05, 3.63) is 64.2 Å². The normalized spacial score (nSPS) is 15.6. The Kier molecular flexibility index (Phi) is 8.29. The maximum Gasteiger partial charge on any atom is 0.269 e. The molecule has 0 aliphatic carbocycles. The number of carbonyl (C=O) groups is 2. The number of non-ortho nitro benzene ring substituents is 1. The number of benzene rings is 2. The van der Waals surface area contributed by atoms with Gasteiger partial charge in [-0.15, -0.1) is 11.8 Å². The van der Waals surface area contributed by atoms with Crippen molar-refractivity contribution in [2.24, 2.45) is 0 Å². The van der Waals surface area contributed by atoms with Crippen LogP contribution < -0.4 is 5.43 Å². The van der Waals surface area contributed by atoms with E-state index in [0.29, 0.717) is 5.56 Å². The summed E-state index contributed by atoms with van der Waals surface area (Å²) < 4.78 is 1.89. The minimum atomic E-state index is -0.467. The Morgan fingerprint density at radius 2 is 1.97 bits per heavy atom. The first-order valence-electron chi connectivity index (χ1n) is 11.5. The highest BCUT2D eigenvalue weighted by atomic mass is 32.2. The van der Waals surface area contributed by atoms with Gasteiger partial charge in [0, 0.05) is 17.9 Å². The number of unbranched alkanes of at least 4 members (excludes halogenated alkanes) is 3. The van der Waals surface area contributed by atoms with Crippen LogP contribution in [0.3, 0.4) is 0 Å². The van der Waals surface area contributed by atoms with Crippen molar-refractivity contribution >= 4 is 52.1 Å². The van der Waals surface area contributed by atoms with Gasteiger partial charge in [0.25, 0.3) is 17.5 Å². The first-order valence-corrected chi connectivity index (χ1v) is 13.6. The number of hydrogen-bond donors (Lipinski definition) is 1. The molecule has 2 aromatic carbocycles. The summed E-state index contributed by atoms with van der Waals surface area (Å²) in [6, 6.07) is 13.7. The van der Waals surface area contributed by atoms with E-state index in [2.05, 4.69) is 12.3 Å². The lowest BCUT2D eigenvalue weighted by Gasteiger charge is -2.24. The predicted octanol–water partition coefficient (Wildman–Crippen LogP) is 4.92. The summed E-state index contributed by atoms with van der Waals surface area (Å²) in [7, 11) is 0. The molecular weight excluding hydrogens is 486 g/mol. The highest BCUT2D eigenvalue weighted by Gasteiger charge is 2.34. The van der Waals surface area contributed by atoms with Crippen LogP contribution in [0.25, 0.3) is 11.0 Å². The van der Waals surface area contributed by atoms with Gasteiger partial charge in [-0.05, 0) is 36.2 Å². The Hall–Kier alpha value is -3.05. The Labute approximate surface area is 211 Å². The quantitative estimate of drug-likeness (QED) is 0.168. The van der Waals surface area contributed by atoms with E-state index in [9.17, 15) is 19.7 Å². The number of rotatable bonds is 11. The number of nitrogens with one attached hydrogen (secondary N) is 1. The second-order valence-electron chi connectivity index (χ2n) is 8.19. The smallest absolute Gasteiger partial charge is 0.269 e. The van der Waals surface area contributed by atoms with Crippen LogP contribution in [0.15, 0.2) is 53.7 Å². The predicted molar refractivity (Wildman–Crippen MR) is 138 cm³/mol. The van der Waals surface area contributed by atoms with Crippen molar-refractivity contribution in [2.75, 3.05) is 11.5 Å². The van der Waals surface area contributed by atoms with Crippen molar-refractivity contribution in [3.8, 4) is 0 Å². The molecule has 1 saturated heterocycles. The maximum absolute atomic E-state index is 13.1. The number of para-hydroxylation sites is 2. The molecule has 0 spiro atoms. The van der Waals surface area contributed by atoms with Gasteiger partial charge in [0.05, 0.1) is 21.7 Å². The van der Waals surface area contributed by atoms with Crippen molar-refractivity contribution < 1.29 is 14.5 Å². The zero-order valence-electron chi connectivity index (χ0n) is 19.4. The Balaban J connectivity index is 1.47. The Morgan fingerprint density at radius 1 is 1.20 bits per heavy atom. The van der Waals surface area contributed by atoms with Gasteiger partial charge < -0.3 is 4.57 Å². The zero-order chi connectivity index (χ0) is 24.8. The largest absolute Gasteiger partial charge is 0.309 e. The molecule has 0 radical (unpaired) electrons. The van der Waals surface area contributed by atoms with E-state index in [1.807, 2.05) is 28.8 Å². The van der Waals surface area contributed by atoms with E-state index in [1.54, 1.807) is 23.9 Å². The van der Waals surface area contributed by atoms with Gasteiger partial charge in [0.1, 0.15) is 11.9 Å². The zero-order valence-corrected chi connectivity index (χ0v) is 21.0. The number of nitro groups is 1. The molecule has 1 unspecified atom stereocenters. The van der Waals surface area contributed by atoms with Crippen LogP contribution in [-0.4, -0.2) is 42.8 Å². The van der Waals surface area contributed by atoms with Gasteiger partial charge in [-0.1, -0.05) is 50.1 Å². The highest BCUT2D eigenvalue weighted by Crippen LogP contribution is 2.37. The molecule has 1 aliphatic rings. The molecule has 9 nitrogen and oxygen atoms in total. The molecule has 0 saturated carbocycles. The number of nitro benzene ring substituents is 1. The van der Waals surface area contributed by atoms with E-state index in [-0.39, 0.29) is 29.8 Å². The second kappa shape index (κ2) is 11.6. The molecule has 184 valence electrons. The first kappa shape index (κ1) is 25.1. The third-order valence-electron chi connectivity index (χ3n) is 5.65. The minimum absolute atomic E-state index is 0.0228. The number of aromatic nitrogens is 2. The molecule has 4 rings (SSSR count). The number of thioether (sulfide) groups is 2. The molecule has 0 bridgehead atoms. The average Bonchev–Trinajstić information content (AvgIpc) is 3.39. The lowest BCUT2D eigenvalue weighted by molar-refractivity contribution is -0.384. The summed E-state index contributed by atoms with van der Waals surface area (Å²) in [5.74, 6) is 0.597. The van der Waals surface area contributed by atoms with Crippen LogP contribution in [0.4, 0.5) is 5.69 Å². The van der Waals surface area contributed by atoms with Gasteiger partial charge in [-0.3, -0.25) is 25.1 Å². The summed E-state index contributed by atoms with van der Waals surface area (Å²) in [6.45, 7) is 2.21. The summed E-state index contributed by atoms with van der Waals surface area (Å²) in [6.07, 6.45) is 4.64. The molecule has 11 heteroatoms. The SMILES string of the molecule is CCCCCCSc1nc2ccccc2n1CC(=O)NN1C(=O)CSC1c1ccc([N+](=O)[O-])cc1. The number of amides is 2. The van der Waals surface area contributed by atoms with Gasteiger partial charge >= 0.3 is 0 Å². The van der Waals surface area contributed by atoms with Gasteiger partial charge in [0.2, 0.25) is 0 Å². The van der Waals surface area contributed by atoms with Gasteiger partial charge in [-0.2, -0.15) is 0 Å². The molecule has 2 heterocycles. The van der Waals surface area contributed by atoms with Crippen LogP contribution in [0, 0.1) is 10.1 Å². The number of hydrogen-bond acceptors (Lipinski definition) is 7. The lowest BCUT2D eigenvalue weighted by atomic mass is 10.2. The number of imidazole rings is 1. The number of fused-ring (bicyclic) bond motifs is 1. The molecule has 1 aromatic heterocycles. The summed E-state index contributed by atoms with van der Waals surface area (Å²) >= 11 is 3.01. The number of carbonyl (C=O) groups excluding carboxylic acids is 2. The van der Waals surface area contributed by atoms with Crippen LogP contribution in [0.5, 0.6) is 0 Å². The van der Waals surface area contributed by atoms with E-state index in [4.69, 9.17) is 4.98 Å². The van der Waals surface area contributed by atoms with Crippen LogP contribution in [0.1, 0.15) is 43.5 Å². The fourth-order valence-corrected chi connectivity index (χ4v) is 6.00. The van der Waals surface area contributed by atoms with Crippen LogP contribution in [0.2, 0.25) is 0 Å². The van der Waals surface area contributed by atoms with E-state index in [0.717, 1.165) is 28.4 Å². The monoisotopic (exact) mass is 513 g/mol. The molecule has 1 N–H and O–H groups in total. The van der Waals surface area contributed by atoms with Gasteiger partial charge in [0.15, 0.2) is 5.16 Å². The molecule has 1 atom stereocenters. The third-order valence-corrected chi connectivity index (χ3v) is 7.93. The number of hydrazine groups is 1. The lowest BCUT2D eigenvalue weighted by Crippen LogP contribution is -2.45. The van der Waals surface area contributed by atoms with Crippen molar-refractivity contribution in [3.63, 3.8) is 0 Å². The first-order chi connectivity index (χ1) is 17.0. The third kappa shape index (κ3) is 5.96. The Bertz CT molecular complexity index is 1210. The fraction of sp³-hybridized carbons (Fsp3) is 0.375. The molecule has 2 amide bonds. The topological polar surface area (TPSA) is 110 Å². The highest BCUT2D eigenvalue weighted by molar-refractivity contribution is 8.00.